The van der Waals surface area contributed by atoms with Crippen molar-refractivity contribution in [3.63, 3.8) is 0 Å². The number of hydrogen-bond donors (Lipinski definition) is 0. The van der Waals surface area contributed by atoms with Crippen molar-refractivity contribution in [1.82, 2.24) is 0 Å². The van der Waals surface area contributed by atoms with Crippen LogP contribution in [0.1, 0.15) is 24.8 Å². The second-order valence-electron chi connectivity index (χ2n) is 3.34. The van der Waals surface area contributed by atoms with Crippen LogP contribution in [0, 0.1) is 11.7 Å². The Morgan fingerprint density at radius 1 is 1.36 bits per heavy atom. The second-order valence-corrected chi connectivity index (χ2v) is 3.34. The van der Waals surface area contributed by atoms with Gasteiger partial charge in [-0.25, -0.2) is 4.39 Å². The first-order chi connectivity index (χ1) is 5.29. The van der Waals surface area contributed by atoms with Gasteiger partial charge in [-0.2, -0.15) is 0 Å². The van der Waals surface area contributed by atoms with Gasteiger partial charge in [0.05, 0.1) is 0 Å². The summed E-state index contributed by atoms with van der Waals surface area (Å²) in [4.78, 5) is 0. The van der Waals surface area contributed by atoms with Crippen molar-refractivity contribution >= 4 is 0 Å². The van der Waals surface area contributed by atoms with Crippen LogP contribution in [0.15, 0.2) is 24.3 Å². The van der Waals surface area contributed by atoms with Gasteiger partial charge in [0.1, 0.15) is 5.82 Å². The maximum Gasteiger partial charge on any atom is 0.126 e. The van der Waals surface area contributed by atoms with Crippen LogP contribution < -0.4 is 0 Å². The first-order valence-electron chi connectivity index (χ1n) is 4.03. The van der Waals surface area contributed by atoms with Gasteiger partial charge in [0.2, 0.25) is 0 Å². The maximum absolute atomic E-state index is 13.1. The van der Waals surface area contributed by atoms with Gasteiger partial charge in [-0.1, -0.05) is 25.1 Å². The zero-order valence-corrected chi connectivity index (χ0v) is 6.55. The van der Waals surface area contributed by atoms with E-state index in [2.05, 4.69) is 6.92 Å². The van der Waals surface area contributed by atoms with E-state index >= 15 is 0 Å². The molecule has 2 unspecified atom stereocenters. The Labute approximate surface area is 66.1 Å². The molecule has 1 aromatic rings. The standard InChI is InChI=1S/C10H11F/c1-7-6-9(7)8-4-2-3-5-10(8)11/h2-5,7,9H,6H2,1H3. The molecule has 1 heteroatoms. The van der Waals surface area contributed by atoms with Gasteiger partial charge >= 0.3 is 0 Å². The summed E-state index contributed by atoms with van der Waals surface area (Å²) in [6.07, 6.45) is 1.15. The predicted octanol–water partition coefficient (Wildman–Crippen LogP) is 2.95. The highest BCUT2D eigenvalue weighted by Crippen LogP contribution is 2.47. The quantitative estimate of drug-likeness (QED) is 0.577. The molecule has 1 aliphatic carbocycles. The molecule has 1 aliphatic rings. The molecule has 0 N–H and O–H groups in total. The smallest absolute Gasteiger partial charge is 0.126 e. The van der Waals surface area contributed by atoms with Crippen LogP contribution in [0.4, 0.5) is 4.39 Å². The van der Waals surface area contributed by atoms with Crippen LogP contribution in [0.2, 0.25) is 0 Å². The van der Waals surface area contributed by atoms with Gasteiger partial charge in [-0.15, -0.1) is 0 Å². The van der Waals surface area contributed by atoms with Crippen molar-refractivity contribution in [2.24, 2.45) is 5.92 Å². The number of rotatable bonds is 1. The van der Waals surface area contributed by atoms with E-state index in [4.69, 9.17) is 0 Å². The van der Waals surface area contributed by atoms with Gasteiger partial charge in [-0.05, 0) is 29.9 Å². The molecular formula is C10H11F. The number of hydrogen-bond acceptors (Lipinski definition) is 0. The zero-order chi connectivity index (χ0) is 7.84. The number of halogens is 1. The second kappa shape index (κ2) is 2.33. The van der Waals surface area contributed by atoms with Crippen LogP contribution in [0.3, 0.4) is 0 Å². The monoisotopic (exact) mass is 150 g/mol. The molecule has 0 bridgehead atoms. The molecule has 2 rings (SSSR count). The third kappa shape index (κ3) is 1.15. The molecular weight excluding hydrogens is 139 g/mol. The Hall–Kier alpha value is -0.850. The van der Waals surface area contributed by atoms with Crippen molar-refractivity contribution in [3.8, 4) is 0 Å². The highest BCUT2D eigenvalue weighted by molar-refractivity contribution is 5.26. The minimum absolute atomic E-state index is 0.0400. The summed E-state index contributed by atoms with van der Waals surface area (Å²) >= 11 is 0. The maximum atomic E-state index is 13.1. The Morgan fingerprint density at radius 3 is 2.55 bits per heavy atom. The number of benzene rings is 1. The lowest BCUT2D eigenvalue weighted by atomic mass is 10.1. The lowest BCUT2D eigenvalue weighted by Crippen LogP contribution is -1.86. The fourth-order valence-electron chi connectivity index (χ4n) is 1.53. The minimum atomic E-state index is -0.0400. The fourth-order valence-corrected chi connectivity index (χ4v) is 1.53. The Kier molecular flexibility index (Phi) is 1.45. The molecule has 0 aromatic heterocycles. The summed E-state index contributed by atoms with van der Waals surface area (Å²) in [6.45, 7) is 2.16. The van der Waals surface area contributed by atoms with Crippen LogP contribution in [0.5, 0.6) is 0 Å². The minimum Gasteiger partial charge on any atom is -0.207 e. The summed E-state index contributed by atoms with van der Waals surface area (Å²) < 4.78 is 13.1. The predicted molar refractivity (Wildman–Crippen MR) is 42.9 cm³/mol. The van der Waals surface area contributed by atoms with Gasteiger partial charge in [-0.3, -0.25) is 0 Å². The van der Waals surface area contributed by atoms with Crippen molar-refractivity contribution in [1.29, 1.82) is 0 Å². The lowest BCUT2D eigenvalue weighted by Gasteiger charge is -1.98. The summed E-state index contributed by atoms with van der Waals surface area (Å²) in [5.41, 5.74) is 0.903. The highest BCUT2D eigenvalue weighted by Gasteiger charge is 2.35. The van der Waals surface area contributed by atoms with Crippen molar-refractivity contribution in [2.45, 2.75) is 19.3 Å². The van der Waals surface area contributed by atoms with Crippen molar-refractivity contribution in [2.75, 3.05) is 0 Å². The van der Waals surface area contributed by atoms with Crippen LogP contribution >= 0.6 is 0 Å². The summed E-state index contributed by atoms with van der Waals surface area (Å²) in [6, 6.07) is 7.08. The third-order valence-electron chi connectivity index (χ3n) is 2.41. The zero-order valence-electron chi connectivity index (χ0n) is 6.55. The van der Waals surface area contributed by atoms with Crippen LogP contribution in [-0.2, 0) is 0 Å². The molecule has 0 nitrogen and oxygen atoms in total. The van der Waals surface area contributed by atoms with E-state index in [1.165, 1.54) is 0 Å². The average molecular weight is 150 g/mol. The molecule has 0 amide bonds. The van der Waals surface area contributed by atoms with Gasteiger partial charge in [0, 0.05) is 0 Å². The lowest BCUT2D eigenvalue weighted by molar-refractivity contribution is 0.607. The van der Waals surface area contributed by atoms with E-state index in [9.17, 15) is 4.39 Å². The third-order valence-corrected chi connectivity index (χ3v) is 2.41. The van der Waals surface area contributed by atoms with E-state index in [1.807, 2.05) is 12.1 Å². The first kappa shape index (κ1) is 6.84. The van der Waals surface area contributed by atoms with E-state index < -0.39 is 0 Å². The summed E-state index contributed by atoms with van der Waals surface area (Å²) in [5, 5.41) is 0. The fraction of sp³-hybridized carbons (Fsp3) is 0.400. The SMILES string of the molecule is CC1CC1c1ccccc1F. The average Bonchev–Trinajstić information content (AvgIpc) is 2.68. The van der Waals surface area contributed by atoms with Crippen LogP contribution in [0.25, 0.3) is 0 Å². The van der Waals surface area contributed by atoms with E-state index in [-0.39, 0.29) is 5.82 Å². The Morgan fingerprint density at radius 2 is 2.00 bits per heavy atom. The molecule has 0 saturated heterocycles. The molecule has 11 heavy (non-hydrogen) atoms. The first-order valence-corrected chi connectivity index (χ1v) is 4.03. The van der Waals surface area contributed by atoms with Crippen LogP contribution in [-0.4, -0.2) is 0 Å². The molecule has 0 radical (unpaired) electrons. The van der Waals surface area contributed by atoms with E-state index in [1.54, 1.807) is 12.1 Å². The van der Waals surface area contributed by atoms with Gasteiger partial charge < -0.3 is 0 Å². The van der Waals surface area contributed by atoms with Crippen molar-refractivity contribution < 1.29 is 4.39 Å². The highest BCUT2D eigenvalue weighted by atomic mass is 19.1. The molecule has 58 valence electrons. The molecule has 1 saturated carbocycles. The Bertz CT molecular complexity index is 267. The van der Waals surface area contributed by atoms with Gasteiger partial charge in [0.15, 0.2) is 0 Å². The normalized spacial score (nSPS) is 28.5. The molecule has 1 aromatic carbocycles. The van der Waals surface area contributed by atoms with Gasteiger partial charge in [0.25, 0.3) is 0 Å². The molecule has 0 heterocycles. The molecule has 2 atom stereocenters. The molecule has 0 aliphatic heterocycles. The van der Waals surface area contributed by atoms with E-state index in [0.29, 0.717) is 11.8 Å². The van der Waals surface area contributed by atoms with Crippen molar-refractivity contribution in [3.05, 3.63) is 35.6 Å². The Balaban J connectivity index is 2.31. The van der Waals surface area contributed by atoms with E-state index in [0.717, 1.165) is 12.0 Å². The summed E-state index contributed by atoms with van der Waals surface area (Å²) in [7, 11) is 0. The summed E-state index contributed by atoms with van der Waals surface area (Å²) in [5.74, 6) is 1.14. The largest absolute Gasteiger partial charge is 0.207 e. The molecule has 1 fully saturated rings. The molecule has 0 spiro atoms. The topological polar surface area (TPSA) is 0 Å².